The molecule has 1 amide bonds. The molecule has 1 aliphatic rings. The number of benzene rings is 1. The van der Waals surface area contributed by atoms with Gasteiger partial charge in [-0.1, -0.05) is 18.2 Å². The van der Waals surface area contributed by atoms with E-state index in [9.17, 15) is 14.9 Å². The molecular formula is C12H15N3O4. The smallest absolute Gasteiger partial charge is 0.273 e. The third kappa shape index (κ3) is 2.88. The Kier molecular flexibility index (Phi) is 4.08. The molecule has 1 N–H and O–H groups in total. The van der Waals surface area contributed by atoms with Crippen molar-refractivity contribution in [2.75, 3.05) is 13.2 Å². The Labute approximate surface area is 110 Å². The lowest BCUT2D eigenvalue weighted by Gasteiger charge is -2.11. The van der Waals surface area contributed by atoms with Crippen LogP contribution in [0.1, 0.15) is 12.5 Å². The second-order valence-corrected chi connectivity index (χ2v) is 4.15. The summed E-state index contributed by atoms with van der Waals surface area (Å²) in [5.41, 5.74) is 0.601. The van der Waals surface area contributed by atoms with Gasteiger partial charge in [0.05, 0.1) is 11.5 Å². The Balaban J connectivity index is 2.00. The number of rotatable bonds is 5. The van der Waals surface area contributed by atoms with E-state index in [1.54, 1.807) is 18.2 Å². The van der Waals surface area contributed by atoms with Crippen LogP contribution in [0, 0.1) is 10.1 Å². The van der Waals surface area contributed by atoms with Crippen molar-refractivity contribution in [2.24, 2.45) is 0 Å². The third-order valence-electron chi connectivity index (χ3n) is 2.96. The summed E-state index contributed by atoms with van der Waals surface area (Å²) in [5.74, 6) is -0.138. The molecule has 1 saturated heterocycles. The fourth-order valence-corrected chi connectivity index (χ4v) is 1.94. The number of likely N-dealkylation sites (N-methyl/N-ethyl adjacent to an activating group) is 1. The van der Waals surface area contributed by atoms with Crippen LogP contribution in [0.2, 0.25) is 0 Å². The van der Waals surface area contributed by atoms with Crippen LogP contribution in [0.5, 0.6) is 0 Å². The summed E-state index contributed by atoms with van der Waals surface area (Å²) >= 11 is 0. The quantitative estimate of drug-likeness (QED) is 0.630. The van der Waals surface area contributed by atoms with Gasteiger partial charge in [0.15, 0.2) is 0 Å². The fourth-order valence-electron chi connectivity index (χ4n) is 1.94. The summed E-state index contributed by atoms with van der Waals surface area (Å²) in [4.78, 5) is 27.4. The molecular weight excluding hydrogens is 250 g/mol. The van der Waals surface area contributed by atoms with E-state index in [0.29, 0.717) is 12.1 Å². The van der Waals surface area contributed by atoms with Gasteiger partial charge in [-0.15, -0.1) is 0 Å². The van der Waals surface area contributed by atoms with Crippen molar-refractivity contribution in [1.82, 2.24) is 10.4 Å². The zero-order chi connectivity index (χ0) is 13.8. The summed E-state index contributed by atoms with van der Waals surface area (Å²) in [5, 5.41) is 15.1. The van der Waals surface area contributed by atoms with Gasteiger partial charge in [0.1, 0.15) is 6.04 Å². The monoisotopic (exact) mass is 265 g/mol. The predicted octanol–water partition coefficient (Wildman–Crippen LogP) is 0.847. The molecule has 102 valence electrons. The van der Waals surface area contributed by atoms with E-state index in [1.807, 2.05) is 6.92 Å². The van der Waals surface area contributed by atoms with E-state index in [-0.39, 0.29) is 24.7 Å². The van der Waals surface area contributed by atoms with Gasteiger partial charge < -0.3 is 0 Å². The Morgan fingerprint density at radius 1 is 1.53 bits per heavy atom. The van der Waals surface area contributed by atoms with E-state index in [0.717, 1.165) is 0 Å². The average molecular weight is 265 g/mol. The summed E-state index contributed by atoms with van der Waals surface area (Å²) < 4.78 is 0. The maximum atomic E-state index is 11.8. The summed E-state index contributed by atoms with van der Waals surface area (Å²) in [6, 6.07) is 6.02. The Morgan fingerprint density at radius 2 is 2.26 bits per heavy atom. The van der Waals surface area contributed by atoms with Crippen molar-refractivity contribution >= 4 is 11.6 Å². The third-order valence-corrected chi connectivity index (χ3v) is 2.96. The maximum Gasteiger partial charge on any atom is 0.273 e. The molecule has 0 aromatic heterocycles. The number of nitrogens with one attached hydrogen (secondary N) is 1. The lowest BCUT2D eigenvalue weighted by atomic mass is 10.1. The van der Waals surface area contributed by atoms with Crippen molar-refractivity contribution in [3.8, 4) is 0 Å². The van der Waals surface area contributed by atoms with Crippen LogP contribution in [-0.4, -0.2) is 35.1 Å². The maximum absolute atomic E-state index is 11.8. The van der Waals surface area contributed by atoms with Crippen LogP contribution >= 0.6 is 0 Å². The first-order valence-corrected chi connectivity index (χ1v) is 6.03. The number of nitro groups is 1. The van der Waals surface area contributed by atoms with Crippen molar-refractivity contribution in [2.45, 2.75) is 19.5 Å². The van der Waals surface area contributed by atoms with Crippen LogP contribution in [0.25, 0.3) is 0 Å². The van der Waals surface area contributed by atoms with E-state index in [2.05, 4.69) is 5.32 Å². The molecule has 1 atom stereocenters. The van der Waals surface area contributed by atoms with Gasteiger partial charge >= 0.3 is 0 Å². The van der Waals surface area contributed by atoms with Gasteiger partial charge in [-0.2, -0.15) is 0 Å². The summed E-state index contributed by atoms with van der Waals surface area (Å²) in [6.45, 7) is 2.83. The molecule has 1 aromatic rings. The number of hydrogen-bond acceptors (Lipinski definition) is 5. The molecule has 1 fully saturated rings. The summed E-state index contributed by atoms with van der Waals surface area (Å²) in [7, 11) is 0. The van der Waals surface area contributed by atoms with Crippen molar-refractivity contribution in [3.63, 3.8) is 0 Å². The molecule has 0 spiro atoms. The summed E-state index contributed by atoms with van der Waals surface area (Å²) in [6.07, 6.45) is 0. The minimum atomic E-state index is -0.445. The van der Waals surface area contributed by atoms with Gasteiger partial charge in [-0.05, 0) is 6.92 Å². The first-order chi connectivity index (χ1) is 9.13. The molecule has 0 radical (unpaired) electrons. The molecule has 1 heterocycles. The fraction of sp³-hybridized carbons (Fsp3) is 0.417. The minimum absolute atomic E-state index is 0.0497. The molecule has 0 bridgehead atoms. The molecule has 19 heavy (non-hydrogen) atoms. The molecule has 1 aromatic carbocycles. The highest BCUT2D eigenvalue weighted by atomic mass is 16.7. The SMILES string of the molecule is CCN1OCC(NCc2ccccc2[N+](=O)[O-])C1=O. The number of nitro benzene ring substituents is 1. The highest BCUT2D eigenvalue weighted by Gasteiger charge is 2.31. The number of hydroxylamine groups is 2. The number of para-hydroxylation sites is 1. The lowest BCUT2D eigenvalue weighted by Crippen LogP contribution is -2.38. The van der Waals surface area contributed by atoms with Crippen LogP contribution in [0.3, 0.4) is 0 Å². The van der Waals surface area contributed by atoms with Crippen molar-refractivity contribution in [3.05, 3.63) is 39.9 Å². The van der Waals surface area contributed by atoms with E-state index >= 15 is 0 Å². The van der Waals surface area contributed by atoms with Gasteiger partial charge in [-0.3, -0.25) is 25.1 Å². The van der Waals surface area contributed by atoms with Gasteiger partial charge in [0.2, 0.25) is 0 Å². The highest BCUT2D eigenvalue weighted by molar-refractivity contribution is 5.82. The number of amides is 1. The Bertz CT molecular complexity index is 492. The van der Waals surface area contributed by atoms with E-state index < -0.39 is 11.0 Å². The predicted molar refractivity (Wildman–Crippen MR) is 67.1 cm³/mol. The second kappa shape index (κ2) is 5.77. The van der Waals surface area contributed by atoms with Crippen LogP contribution in [0.15, 0.2) is 24.3 Å². The van der Waals surface area contributed by atoms with Gasteiger partial charge in [0, 0.05) is 24.7 Å². The number of hydrogen-bond donors (Lipinski definition) is 1. The zero-order valence-corrected chi connectivity index (χ0v) is 10.5. The molecule has 1 unspecified atom stereocenters. The molecule has 7 nitrogen and oxygen atoms in total. The van der Waals surface area contributed by atoms with Crippen LogP contribution in [-0.2, 0) is 16.2 Å². The Hall–Kier alpha value is -1.99. The van der Waals surface area contributed by atoms with Gasteiger partial charge in [0.25, 0.3) is 11.6 Å². The van der Waals surface area contributed by atoms with Crippen LogP contribution in [0.4, 0.5) is 5.69 Å². The van der Waals surface area contributed by atoms with Crippen LogP contribution < -0.4 is 5.32 Å². The van der Waals surface area contributed by atoms with Gasteiger partial charge in [-0.25, -0.2) is 5.06 Å². The van der Waals surface area contributed by atoms with Crippen molar-refractivity contribution in [1.29, 1.82) is 0 Å². The topological polar surface area (TPSA) is 84.7 Å². The molecule has 1 aliphatic heterocycles. The molecule has 0 saturated carbocycles. The molecule has 7 heteroatoms. The van der Waals surface area contributed by atoms with E-state index in [1.165, 1.54) is 11.1 Å². The zero-order valence-electron chi connectivity index (χ0n) is 10.5. The Morgan fingerprint density at radius 3 is 2.89 bits per heavy atom. The van der Waals surface area contributed by atoms with Crippen molar-refractivity contribution < 1.29 is 14.6 Å². The lowest BCUT2D eigenvalue weighted by molar-refractivity contribution is -0.385. The van der Waals surface area contributed by atoms with E-state index in [4.69, 9.17) is 4.84 Å². The first-order valence-electron chi connectivity index (χ1n) is 6.03. The highest BCUT2D eigenvalue weighted by Crippen LogP contribution is 2.18. The number of carbonyl (C=O) groups is 1. The minimum Gasteiger partial charge on any atom is -0.299 e. The largest absolute Gasteiger partial charge is 0.299 e. The molecule has 2 rings (SSSR count). The second-order valence-electron chi connectivity index (χ2n) is 4.15. The molecule has 0 aliphatic carbocycles. The standard InChI is InChI=1S/C12H15N3O4/c1-2-14-12(16)10(8-19-14)13-7-9-5-3-4-6-11(9)15(17)18/h3-6,10,13H,2,7-8H2,1H3. The number of nitrogens with zero attached hydrogens (tertiary/aromatic N) is 2. The first kappa shape index (κ1) is 13.4. The normalized spacial score (nSPS) is 18.9. The average Bonchev–Trinajstić information content (AvgIpc) is 2.77. The number of carbonyl (C=O) groups excluding carboxylic acids is 1.